The standard InChI is InChI=1S/C13H28N2O4S/c1-5-6-7-9-13(2,3)11-14-20(18,19)15(4)10-8-12(16)17/h14H,5-11H2,1-4H3,(H,16,17). The lowest BCUT2D eigenvalue weighted by Crippen LogP contribution is -2.43. The number of hydrogen-bond acceptors (Lipinski definition) is 3. The molecule has 0 aromatic carbocycles. The van der Waals surface area contributed by atoms with E-state index in [2.05, 4.69) is 11.6 Å². The van der Waals surface area contributed by atoms with Gasteiger partial charge in [0.25, 0.3) is 10.2 Å². The van der Waals surface area contributed by atoms with Gasteiger partial charge in [0.2, 0.25) is 0 Å². The van der Waals surface area contributed by atoms with Crippen LogP contribution in [0.4, 0.5) is 0 Å². The van der Waals surface area contributed by atoms with E-state index in [1.807, 2.05) is 13.8 Å². The molecule has 0 aliphatic carbocycles. The summed E-state index contributed by atoms with van der Waals surface area (Å²) in [5, 5.41) is 8.57. The highest BCUT2D eigenvalue weighted by Gasteiger charge is 2.23. The number of aliphatic carboxylic acids is 1. The molecule has 0 aromatic heterocycles. The van der Waals surface area contributed by atoms with Crippen molar-refractivity contribution in [3.05, 3.63) is 0 Å². The Bertz CT molecular complexity index is 393. The zero-order valence-corrected chi connectivity index (χ0v) is 13.8. The summed E-state index contributed by atoms with van der Waals surface area (Å²) in [6, 6.07) is 0. The molecule has 0 bridgehead atoms. The Balaban J connectivity index is 4.28. The van der Waals surface area contributed by atoms with Gasteiger partial charge in [-0.05, 0) is 11.8 Å². The number of hydrogen-bond donors (Lipinski definition) is 2. The van der Waals surface area contributed by atoms with Gasteiger partial charge in [-0.25, -0.2) is 4.72 Å². The second-order valence-corrected chi connectivity index (χ2v) is 7.77. The zero-order valence-electron chi connectivity index (χ0n) is 13.0. The third-order valence-electron chi connectivity index (χ3n) is 3.24. The number of unbranched alkanes of at least 4 members (excludes halogenated alkanes) is 2. The minimum absolute atomic E-state index is 0.0269. The molecule has 0 amide bonds. The summed E-state index contributed by atoms with van der Waals surface area (Å²) in [5.41, 5.74) is -0.101. The van der Waals surface area contributed by atoms with Gasteiger partial charge in [0.15, 0.2) is 0 Å². The van der Waals surface area contributed by atoms with Gasteiger partial charge in [0, 0.05) is 20.1 Å². The third kappa shape index (κ3) is 8.50. The highest BCUT2D eigenvalue weighted by molar-refractivity contribution is 7.87. The molecule has 0 radical (unpaired) electrons. The average Bonchev–Trinajstić information content (AvgIpc) is 2.34. The predicted octanol–water partition coefficient (Wildman–Crippen LogP) is 1.83. The summed E-state index contributed by atoms with van der Waals surface area (Å²) in [6.45, 7) is 6.52. The first-order valence-electron chi connectivity index (χ1n) is 7.03. The molecule has 0 rings (SSSR count). The van der Waals surface area contributed by atoms with E-state index in [-0.39, 0.29) is 18.4 Å². The Kier molecular flexibility index (Phi) is 8.30. The fourth-order valence-electron chi connectivity index (χ4n) is 1.71. The molecule has 7 heteroatoms. The molecule has 0 aromatic rings. The Morgan fingerprint density at radius 2 is 1.90 bits per heavy atom. The summed E-state index contributed by atoms with van der Waals surface area (Å²) in [7, 11) is -2.22. The van der Waals surface area contributed by atoms with E-state index in [0.717, 1.165) is 30.0 Å². The highest BCUT2D eigenvalue weighted by Crippen LogP contribution is 2.23. The molecular weight excluding hydrogens is 280 g/mol. The van der Waals surface area contributed by atoms with Crippen LogP contribution in [-0.4, -0.2) is 43.9 Å². The molecule has 0 saturated heterocycles. The van der Waals surface area contributed by atoms with Crippen LogP contribution >= 0.6 is 0 Å². The van der Waals surface area contributed by atoms with Crippen LogP contribution in [0.1, 0.15) is 52.9 Å². The molecule has 20 heavy (non-hydrogen) atoms. The van der Waals surface area contributed by atoms with Crippen molar-refractivity contribution in [3.8, 4) is 0 Å². The number of nitrogens with one attached hydrogen (secondary N) is 1. The Morgan fingerprint density at radius 3 is 2.40 bits per heavy atom. The summed E-state index contributed by atoms with van der Waals surface area (Å²) in [5.74, 6) is -1.01. The molecule has 0 aliphatic heterocycles. The molecule has 0 saturated carbocycles. The monoisotopic (exact) mass is 308 g/mol. The number of carboxylic acid groups (broad SMARTS) is 1. The second-order valence-electron chi connectivity index (χ2n) is 5.91. The van der Waals surface area contributed by atoms with Gasteiger partial charge in [-0.1, -0.05) is 40.0 Å². The largest absolute Gasteiger partial charge is 0.481 e. The number of carbonyl (C=O) groups is 1. The lowest BCUT2D eigenvalue weighted by atomic mass is 9.87. The minimum atomic E-state index is -3.60. The van der Waals surface area contributed by atoms with E-state index in [1.54, 1.807) is 0 Å². The van der Waals surface area contributed by atoms with Crippen molar-refractivity contribution in [2.45, 2.75) is 52.9 Å². The fraction of sp³-hybridized carbons (Fsp3) is 0.923. The fourth-order valence-corrected chi connectivity index (χ4v) is 2.84. The lowest BCUT2D eigenvalue weighted by molar-refractivity contribution is -0.137. The van der Waals surface area contributed by atoms with Crippen molar-refractivity contribution in [2.75, 3.05) is 20.1 Å². The van der Waals surface area contributed by atoms with Crippen molar-refractivity contribution in [1.82, 2.24) is 9.03 Å². The van der Waals surface area contributed by atoms with Gasteiger partial charge in [-0.2, -0.15) is 12.7 Å². The van der Waals surface area contributed by atoms with Crippen molar-refractivity contribution >= 4 is 16.2 Å². The quantitative estimate of drug-likeness (QED) is 0.570. The van der Waals surface area contributed by atoms with Crippen LogP contribution < -0.4 is 4.72 Å². The van der Waals surface area contributed by atoms with Gasteiger partial charge in [-0.3, -0.25) is 4.79 Å². The number of rotatable bonds is 11. The number of nitrogens with zero attached hydrogens (tertiary/aromatic N) is 1. The van der Waals surface area contributed by atoms with Gasteiger partial charge >= 0.3 is 5.97 Å². The maximum absolute atomic E-state index is 11.9. The van der Waals surface area contributed by atoms with Gasteiger partial charge in [0.05, 0.1) is 6.42 Å². The van der Waals surface area contributed by atoms with Crippen molar-refractivity contribution in [2.24, 2.45) is 5.41 Å². The van der Waals surface area contributed by atoms with Crippen LogP contribution in [-0.2, 0) is 15.0 Å². The summed E-state index contributed by atoms with van der Waals surface area (Å²) >= 11 is 0. The van der Waals surface area contributed by atoms with E-state index in [0.29, 0.717) is 6.54 Å². The third-order valence-corrected chi connectivity index (χ3v) is 4.75. The number of carboxylic acids is 1. The van der Waals surface area contributed by atoms with Gasteiger partial charge in [0.1, 0.15) is 0 Å². The molecular formula is C13H28N2O4S. The topological polar surface area (TPSA) is 86.7 Å². The Morgan fingerprint density at radius 1 is 1.30 bits per heavy atom. The molecule has 6 nitrogen and oxygen atoms in total. The van der Waals surface area contributed by atoms with E-state index < -0.39 is 16.2 Å². The van der Waals surface area contributed by atoms with Gasteiger partial charge in [-0.15, -0.1) is 0 Å². The average molecular weight is 308 g/mol. The van der Waals surface area contributed by atoms with Crippen molar-refractivity contribution < 1.29 is 18.3 Å². The lowest BCUT2D eigenvalue weighted by Gasteiger charge is -2.26. The van der Waals surface area contributed by atoms with Crippen LogP contribution in [0.3, 0.4) is 0 Å². The first kappa shape index (κ1) is 19.3. The minimum Gasteiger partial charge on any atom is -0.481 e. The molecule has 2 N–H and O–H groups in total. The smallest absolute Gasteiger partial charge is 0.304 e. The molecule has 0 fully saturated rings. The van der Waals surface area contributed by atoms with Crippen LogP contribution in [0.5, 0.6) is 0 Å². The Hall–Kier alpha value is -0.660. The van der Waals surface area contributed by atoms with Crippen LogP contribution in [0.25, 0.3) is 0 Å². The molecule has 0 atom stereocenters. The maximum Gasteiger partial charge on any atom is 0.304 e. The van der Waals surface area contributed by atoms with Crippen LogP contribution in [0, 0.1) is 5.41 Å². The first-order chi connectivity index (χ1) is 9.10. The molecule has 0 heterocycles. The van der Waals surface area contributed by atoms with E-state index >= 15 is 0 Å². The predicted molar refractivity (Wildman–Crippen MR) is 79.7 cm³/mol. The van der Waals surface area contributed by atoms with E-state index in [9.17, 15) is 13.2 Å². The first-order valence-corrected chi connectivity index (χ1v) is 8.47. The molecule has 0 aliphatic rings. The van der Waals surface area contributed by atoms with Crippen molar-refractivity contribution in [1.29, 1.82) is 0 Å². The Labute approximate surface area is 122 Å². The van der Waals surface area contributed by atoms with Crippen LogP contribution in [0.2, 0.25) is 0 Å². The maximum atomic E-state index is 11.9. The molecule has 0 spiro atoms. The van der Waals surface area contributed by atoms with Crippen LogP contribution in [0.15, 0.2) is 0 Å². The van der Waals surface area contributed by atoms with Gasteiger partial charge < -0.3 is 5.11 Å². The van der Waals surface area contributed by atoms with E-state index in [1.165, 1.54) is 7.05 Å². The summed E-state index contributed by atoms with van der Waals surface area (Å²) in [6.07, 6.45) is 4.13. The van der Waals surface area contributed by atoms with E-state index in [4.69, 9.17) is 5.11 Å². The zero-order chi connectivity index (χ0) is 15.8. The normalized spacial score (nSPS) is 12.8. The SMILES string of the molecule is CCCCCC(C)(C)CNS(=O)(=O)N(C)CCC(=O)O. The molecule has 0 unspecified atom stereocenters. The molecule has 120 valence electrons. The highest BCUT2D eigenvalue weighted by atomic mass is 32.2. The summed E-state index contributed by atoms with van der Waals surface area (Å²) in [4.78, 5) is 10.5. The van der Waals surface area contributed by atoms with Crippen molar-refractivity contribution in [3.63, 3.8) is 0 Å². The summed E-state index contributed by atoms with van der Waals surface area (Å²) < 4.78 is 27.5. The second kappa shape index (κ2) is 8.59.